The Morgan fingerprint density at radius 3 is 2.81 bits per heavy atom. The van der Waals surface area contributed by atoms with Gasteiger partial charge in [0.05, 0.1) is 15.8 Å². The van der Waals surface area contributed by atoms with E-state index in [0.29, 0.717) is 6.54 Å². The number of aliphatic hydroxyl groups is 1. The van der Waals surface area contributed by atoms with Crippen molar-refractivity contribution >= 4 is 21.6 Å². The molecule has 1 heterocycles. The topological polar surface area (TPSA) is 45.1 Å². The molecule has 1 aliphatic rings. The molecule has 0 bridgehead atoms. The van der Waals surface area contributed by atoms with Gasteiger partial charge in [-0.2, -0.15) is 0 Å². The molecule has 2 rings (SSSR count). The lowest BCUT2D eigenvalue weighted by molar-refractivity contribution is 0.0167. The third-order valence-electron chi connectivity index (χ3n) is 3.16. The van der Waals surface area contributed by atoms with Gasteiger partial charge in [-0.15, -0.1) is 0 Å². The zero-order valence-electron chi connectivity index (χ0n) is 9.25. The predicted octanol–water partition coefficient (Wildman–Crippen LogP) is 2.95. The normalized spacial score (nSPS) is 19.4. The number of rotatable bonds is 3. The van der Waals surface area contributed by atoms with Crippen LogP contribution in [0, 0.1) is 0 Å². The van der Waals surface area contributed by atoms with Gasteiger partial charge in [-0.3, -0.25) is 4.98 Å². The zero-order chi connectivity index (χ0) is 11.4. The molecule has 88 valence electrons. The van der Waals surface area contributed by atoms with E-state index < -0.39 is 5.60 Å². The number of halogens is 1. The Labute approximate surface area is 104 Å². The van der Waals surface area contributed by atoms with Crippen LogP contribution < -0.4 is 5.32 Å². The lowest BCUT2D eigenvalue weighted by Gasteiger charge is -2.32. The number of hydrogen-bond acceptors (Lipinski definition) is 3. The maximum atomic E-state index is 10.3. The average molecular weight is 285 g/mol. The molecule has 16 heavy (non-hydrogen) atoms. The number of anilines is 1. The van der Waals surface area contributed by atoms with Gasteiger partial charge in [0.15, 0.2) is 0 Å². The molecule has 0 radical (unpaired) electrons. The summed E-state index contributed by atoms with van der Waals surface area (Å²) in [4.78, 5) is 4.01. The first-order valence-electron chi connectivity index (χ1n) is 5.75. The highest BCUT2D eigenvalue weighted by Crippen LogP contribution is 2.29. The SMILES string of the molecule is OC1(CNc2ccncc2Br)CCCCC1. The monoisotopic (exact) mass is 284 g/mol. The second kappa shape index (κ2) is 5.15. The maximum Gasteiger partial charge on any atom is 0.0819 e. The van der Waals surface area contributed by atoms with Gasteiger partial charge in [0.25, 0.3) is 0 Å². The minimum Gasteiger partial charge on any atom is -0.388 e. The van der Waals surface area contributed by atoms with Crippen molar-refractivity contribution in [3.8, 4) is 0 Å². The fraction of sp³-hybridized carbons (Fsp3) is 0.583. The first-order valence-corrected chi connectivity index (χ1v) is 6.55. The van der Waals surface area contributed by atoms with Gasteiger partial charge >= 0.3 is 0 Å². The molecule has 4 heteroatoms. The van der Waals surface area contributed by atoms with E-state index in [9.17, 15) is 5.11 Å². The number of pyridine rings is 1. The van der Waals surface area contributed by atoms with E-state index in [1.54, 1.807) is 12.4 Å². The van der Waals surface area contributed by atoms with Crippen molar-refractivity contribution in [3.63, 3.8) is 0 Å². The Morgan fingerprint density at radius 2 is 2.12 bits per heavy atom. The lowest BCUT2D eigenvalue weighted by Crippen LogP contribution is -2.38. The first kappa shape index (κ1) is 11.9. The maximum absolute atomic E-state index is 10.3. The molecular weight excluding hydrogens is 268 g/mol. The molecule has 0 amide bonds. The summed E-state index contributed by atoms with van der Waals surface area (Å²) in [6.07, 6.45) is 8.84. The highest BCUT2D eigenvalue weighted by molar-refractivity contribution is 9.10. The van der Waals surface area contributed by atoms with Gasteiger partial charge in [0, 0.05) is 18.9 Å². The minimum atomic E-state index is -0.527. The third-order valence-corrected chi connectivity index (χ3v) is 3.80. The second-order valence-electron chi connectivity index (χ2n) is 4.49. The Balaban J connectivity index is 1.94. The summed E-state index contributed by atoms with van der Waals surface area (Å²) in [5.74, 6) is 0. The van der Waals surface area contributed by atoms with E-state index in [-0.39, 0.29) is 0 Å². The van der Waals surface area contributed by atoms with Crippen molar-refractivity contribution in [2.45, 2.75) is 37.7 Å². The summed E-state index contributed by atoms with van der Waals surface area (Å²) in [5, 5.41) is 13.6. The molecule has 2 N–H and O–H groups in total. The van der Waals surface area contributed by atoms with Gasteiger partial charge in [-0.1, -0.05) is 19.3 Å². The Bertz CT molecular complexity index is 351. The van der Waals surface area contributed by atoms with Crippen molar-refractivity contribution < 1.29 is 5.11 Å². The highest BCUT2D eigenvalue weighted by Gasteiger charge is 2.28. The lowest BCUT2D eigenvalue weighted by atomic mass is 9.85. The van der Waals surface area contributed by atoms with Crippen LogP contribution in [0.2, 0.25) is 0 Å². The first-order chi connectivity index (χ1) is 7.70. The number of aromatic nitrogens is 1. The van der Waals surface area contributed by atoms with E-state index in [0.717, 1.165) is 35.8 Å². The summed E-state index contributed by atoms with van der Waals surface area (Å²) >= 11 is 3.43. The van der Waals surface area contributed by atoms with E-state index in [2.05, 4.69) is 26.2 Å². The molecule has 0 spiro atoms. The van der Waals surface area contributed by atoms with Crippen LogP contribution in [-0.2, 0) is 0 Å². The molecule has 1 fully saturated rings. The van der Waals surface area contributed by atoms with Crippen LogP contribution in [-0.4, -0.2) is 22.2 Å². The van der Waals surface area contributed by atoms with Crippen LogP contribution in [0.1, 0.15) is 32.1 Å². The van der Waals surface area contributed by atoms with Crippen molar-refractivity contribution in [3.05, 3.63) is 22.9 Å². The molecule has 1 aromatic rings. The Kier molecular flexibility index (Phi) is 3.82. The molecule has 0 aliphatic heterocycles. The Morgan fingerprint density at radius 1 is 1.38 bits per heavy atom. The van der Waals surface area contributed by atoms with Crippen LogP contribution in [0.3, 0.4) is 0 Å². The van der Waals surface area contributed by atoms with Gasteiger partial charge in [0.1, 0.15) is 0 Å². The van der Waals surface area contributed by atoms with Crippen molar-refractivity contribution in [2.24, 2.45) is 0 Å². The standard InChI is InChI=1S/C12H17BrN2O/c13-10-8-14-7-4-11(10)15-9-12(16)5-2-1-3-6-12/h4,7-8,16H,1-3,5-6,9H2,(H,14,15). The summed E-state index contributed by atoms with van der Waals surface area (Å²) in [7, 11) is 0. The molecule has 1 aromatic heterocycles. The van der Waals surface area contributed by atoms with Gasteiger partial charge in [0.2, 0.25) is 0 Å². The summed E-state index contributed by atoms with van der Waals surface area (Å²) in [6.45, 7) is 0.621. The van der Waals surface area contributed by atoms with Crippen LogP contribution >= 0.6 is 15.9 Å². The third kappa shape index (κ3) is 2.95. The van der Waals surface area contributed by atoms with Crippen molar-refractivity contribution in [1.29, 1.82) is 0 Å². The molecule has 0 unspecified atom stereocenters. The van der Waals surface area contributed by atoms with Crippen LogP contribution in [0.25, 0.3) is 0 Å². The molecule has 1 aliphatic carbocycles. The minimum absolute atomic E-state index is 0.527. The van der Waals surface area contributed by atoms with Crippen LogP contribution in [0.15, 0.2) is 22.9 Å². The quantitative estimate of drug-likeness (QED) is 0.897. The molecular formula is C12H17BrN2O. The van der Waals surface area contributed by atoms with Crippen LogP contribution in [0.4, 0.5) is 5.69 Å². The zero-order valence-corrected chi connectivity index (χ0v) is 10.8. The fourth-order valence-electron chi connectivity index (χ4n) is 2.16. The van der Waals surface area contributed by atoms with Crippen LogP contribution in [0.5, 0.6) is 0 Å². The summed E-state index contributed by atoms with van der Waals surface area (Å²) < 4.78 is 0.939. The molecule has 0 saturated heterocycles. The van der Waals surface area contributed by atoms with E-state index in [1.807, 2.05) is 6.07 Å². The van der Waals surface area contributed by atoms with E-state index >= 15 is 0 Å². The van der Waals surface area contributed by atoms with Gasteiger partial charge in [-0.25, -0.2) is 0 Å². The predicted molar refractivity (Wildman–Crippen MR) is 68.5 cm³/mol. The van der Waals surface area contributed by atoms with E-state index in [1.165, 1.54) is 6.42 Å². The number of nitrogens with one attached hydrogen (secondary N) is 1. The van der Waals surface area contributed by atoms with E-state index in [4.69, 9.17) is 0 Å². The highest BCUT2D eigenvalue weighted by atomic mass is 79.9. The van der Waals surface area contributed by atoms with Crippen molar-refractivity contribution in [1.82, 2.24) is 4.98 Å². The van der Waals surface area contributed by atoms with Gasteiger partial charge in [-0.05, 0) is 34.8 Å². The molecule has 1 saturated carbocycles. The number of nitrogens with zero attached hydrogens (tertiary/aromatic N) is 1. The van der Waals surface area contributed by atoms with Gasteiger partial charge < -0.3 is 10.4 Å². The average Bonchev–Trinajstić information content (AvgIpc) is 2.29. The molecule has 0 atom stereocenters. The Hall–Kier alpha value is -0.610. The molecule has 3 nitrogen and oxygen atoms in total. The smallest absolute Gasteiger partial charge is 0.0819 e. The second-order valence-corrected chi connectivity index (χ2v) is 5.35. The largest absolute Gasteiger partial charge is 0.388 e. The van der Waals surface area contributed by atoms with Crippen molar-refractivity contribution in [2.75, 3.05) is 11.9 Å². The molecule has 0 aromatic carbocycles. The number of hydrogen-bond donors (Lipinski definition) is 2. The summed E-state index contributed by atoms with van der Waals surface area (Å²) in [5.41, 5.74) is 0.468. The fourth-order valence-corrected chi connectivity index (χ4v) is 2.56. The summed E-state index contributed by atoms with van der Waals surface area (Å²) in [6, 6.07) is 1.91.